The van der Waals surface area contributed by atoms with Crippen LogP contribution in [0.5, 0.6) is 5.75 Å². The number of nitrogens with one attached hydrogen (secondary N) is 1. The van der Waals surface area contributed by atoms with Gasteiger partial charge in [-0.05, 0) is 42.9 Å². The number of nitrogens with zero attached hydrogens (tertiary/aromatic N) is 1. The summed E-state index contributed by atoms with van der Waals surface area (Å²) in [5.41, 5.74) is 0. The Hall–Kier alpha value is -2.07. The number of rotatable bonds is 8. The minimum absolute atomic E-state index is 0.0784. The van der Waals surface area contributed by atoms with Crippen LogP contribution in [0.2, 0.25) is 0 Å². The molecule has 1 amide bonds. The van der Waals surface area contributed by atoms with Crippen molar-refractivity contribution in [3.8, 4) is 5.75 Å². The zero-order chi connectivity index (χ0) is 16.7. The van der Waals surface area contributed by atoms with E-state index in [4.69, 9.17) is 4.74 Å². The molecular formula is C19H26N2O2. The van der Waals surface area contributed by atoms with Gasteiger partial charge in [-0.1, -0.05) is 44.2 Å². The van der Waals surface area contributed by atoms with Gasteiger partial charge in [0.1, 0.15) is 5.75 Å². The molecule has 4 nitrogen and oxygen atoms in total. The highest BCUT2D eigenvalue weighted by atomic mass is 16.5. The Morgan fingerprint density at radius 2 is 1.83 bits per heavy atom. The van der Waals surface area contributed by atoms with Gasteiger partial charge in [-0.15, -0.1) is 0 Å². The van der Waals surface area contributed by atoms with Crippen LogP contribution < -0.4 is 10.1 Å². The van der Waals surface area contributed by atoms with Gasteiger partial charge in [-0.2, -0.15) is 0 Å². The molecule has 0 saturated heterocycles. The smallest absolute Gasteiger partial charge is 0.260 e. The number of amides is 1. The number of fused-ring (bicyclic) bond motifs is 1. The van der Waals surface area contributed by atoms with Gasteiger partial charge in [0.2, 0.25) is 0 Å². The van der Waals surface area contributed by atoms with Crippen LogP contribution in [0.25, 0.3) is 10.8 Å². The van der Waals surface area contributed by atoms with Gasteiger partial charge in [0.05, 0.1) is 0 Å². The molecule has 0 aliphatic carbocycles. The van der Waals surface area contributed by atoms with E-state index in [0.29, 0.717) is 6.54 Å². The molecule has 0 aliphatic rings. The second-order valence-corrected chi connectivity index (χ2v) is 5.59. The lowest BCUT2D eigenvalue weighted by Gasteiger charge is -2.19. The van der Waals surface area contributed by atoms with E-state index in [-0.39, 0.29) is 5.91 Å². The van der Waals surface area contributed by atoms with Crippen molar-refractivity contribution in [1.29, 1.82) is 0 Å². The topological polar surface area (TPSA) is 41.6 Å². The zero-order valence-electron chi connectivity index (χ0n) is 14.2. The van der Waals surface area contributed by atoms with Gasteiger partial charge < -0.3 is 15.0 Å². The first kappa shape index (κ1) is 17.3. The minimum atomic E-state index is -0.507. The lowest BCUT2D eigenvalue weighted by atomic mass is 10.1. The fourth-order valence-corrected chi connectivity index (χ4v) is 2.52. The molecule has 1 atom stereocenters. The van der Waals surface area contributed by atoms with Crippen molar-refractivity contribution in [2.45, 2.75) is 26.9 Å². The molecule has 0 aliphatic heterocycles. The van der Waals surface area contributed by atoms with Crippen LogP contribution >= 0.6 is 0 Å². The summed E-state index contributed by atoms with van der Waals surface area (Å²) < 4.78 is 5.77. The largest absolute Gasteiger partial charge is 0.481 e. The maximum Gasteiger partial charge on any atom is 0.260 e. The monoisotopic (exact) mass is 314 g/mol. The Morgan fingerprint density at radius 1 is 1.13 bits per heavy atom. The van der Waals surface area contributed by atoms with E-state index in [1.807, 2.05) is 36.4 Å². The lowest BCUT2D eigenvalue weighted by molar-refractivity contribution is -0.127. The van der Waals surface area contributed by atoms with Crippen molar-refractivity contribution in [1.82, 2.24) is 10.2 Å². The highest BCUT2D eigenvalue weighted by Crippen LogP contribution is 2.21. The standard InChI is InChI=1S/C19H26N2O2/c1-4-21(5-2)13-12-20-19(22)15(3)23-18-11-10-16-8-6-7-9-17(16)14-18/h6-11,14-15H,4-5,12-13H2,1-3H3,(H,20,22). The van der Waals surface area contributed by atoms with Crippen molar-refractivity contribution >= 4 is 16.7 Å². The molecule has 0 radical (unpaired) electrons. The maximum absolute atomic E-state index is 12.1. The fraction of sp³-hybridized carbons (Fsp3) is 0.421. The van der Waals surface area contributed by atoms with Crippen molar-refractivity contribution in [2.75, 3.05) is 26.2 Å². The molecule has 2 rings (SSSR count). The summed E-state index contributed by atoms with van der Waals surface area (Å²) in [6.07, 6.45) is -0.507. The van der Waals surface area contributed by atoms with E-state index >= 15 is 0 Å². The number of likely N-dealkylation sites (N-methyl/N-ethyl adjacent to an activating group) is 1. The molecule has 1 unspecified atom stereocenters. The summed E-state index contributed by atoms with van der Waals surface area (Å²) in [5, 5.41) is 5.21. The molecular weight excluding hydrogens is 288 g/mol. The highest BCUT2D eigenvalue weighted by Gasteiger charge is 2.14. The zero-order valence-corrected chi connectivity index (χ0v) is 14.2. The molecule has 0 aromatic heterocycles. The number of hydrogen-bond donors (Lipinski definition) is 1. The SMILES string of the molecule is CCN(CC)CCNC(=O)C(C)Oc1ccc2ccccc2c1. The summed E-state index contributed by atoms with van der Waals surface area (Å²) in [7, 11) is 0. The normalized spacial score (nSPS) is 12.3. The van der Waals surface area contributed by atoms with Crippen molar-refractivity contribution in [3.63, 3.8) is 0 Å². The third kappa shape index (κ3) is 4.96. The number of ether oxygens (including phenoxy) is 1. The number of benzene rings is 2. The van der Waals surface area contributed by atoms with Crippen LogP contribution in [0.3, 0.4) is 0 Å². The highest BCUT2D eigenvalue weighted by molar-refractivity contribution is 5.84. The molecule has 124 valence electrons. The first-order valence-corrected chi connectivity index (χ1v) is 8.29. The van der Waals surface area contributed by atoms with Crippen LogP contribution in [-0.4, -0.2) is 43.1 Å². The second-order valence-electron chi connectivity index (χ2n) is 5.59. The molecule has 2 aromatic rings. The van der Waals surface area contributed by atoms with E-state index in [0.717, 1.165) is 36.2 Å². The third-order valence-electron chi connectivity index (χ3n) is 4.02. The predicted molar refractivity (Wildman–Crippen MR) is 94.8 cm³/mol. The van der Waals surface area contributed by atoms with Gasteiger partial charge in [0.25, 0.3) is 5.91 Å². The Morgan fingerprint density at radius 3 is 2.52 bits per heavy atom. The Bertz CT molecular complexity index is 638. The molecule has 0 spiro atoms. The number of carbonyl (C=O) groups is 1. The maximum atomic E-state index is 12.1. The van der Waals surface area contributed by atoms with Crippen molar-refractivity contribution in [3.05, 3.63) is 42.5 Å². The first-order valence-electron chi connectivity index (χ1n) is 8.29. The molecule has 4 heteroatoms. The third-order valence-corrected chi connectivity index (χ3v) is 4.02. The van der Waals surface area contributed by atoms with E-state index < -0.39 is 6.10 Å². The predicted octanol–water partition coefficient (Wildman–Crippen LogP) is 3.07. The molecule has 0 fully saturated rings. The quantitative estimate of drug-likeness (QED) is 0.814. The molecule has 0 heterocycles. The summed E-state index contributed by atoms with van der Waals surface area (Å²) in [6.45, 7) is 9.52. The number of carbonyl (C=O) groups excluding carboxylic acids is 1. The molecule has 2 aromatic carbocycles. The summed E-state index contributed by atoms with van der Waals surface area (Å²) in [4.78, 5) is 14.4. The van der Waals surface area contributed by atoms with Crippen LogP contribution in [-0.2, 0) is 4.79 Å². The van der Waals surface area contributed by atoms with Crippen LogP contribution in [0.1, 0.15) is 20.8 Å². The van der Waals surface area contributed by atoms with Crippen LogP contribution in [0.4, 0.5) is 0 Å². The Kier molecular flexibility index (Phi) is 6.41. The van der Waals surface area contributed by atoms with E-state index in [1.54, 1.807) is 6.92 Å². The molecule has 23 heavy (non-hydrogen) atoms. The van der Waals surface area contributed by atoms with Gasteiger partial charge in [0, 0.05) is 13.1 Å². The van der Waals surface area contributed by atoms with Crippen LogP contribution in [0.15, 0.2) is 42.5 Å². The second kappa shape index (κ2) is 8.53. The van der Waals surface area contributed by atoms with Gasteiger partial charge in [-0.25, -0.2) is 0 Å². The van der Waals surface area contributed by atoms with Gasteiger partial charge in [-0.3, -0.25) is 4.79 Å². The first-order chi connectivity index (χ1) is 11.1. The minimum Gasteiger partial charge on any atom is -0.481 e. The lowest BCUT2D eigenvalue weighted by Crippen LogP contribution is -2.40. The average Bonchev–Trinajstić information content (AvgIpc) is 2.58. The summed E-state index contributed by atoms with van der Waals surface area (Å²) in [5.74, 6) is 0.639. The van der Waals surface area contributed by atoms with Gasteiger partial charge >= 0.3 is 0 Å². The van der Waals surface area contributed by atoms with E-state index in [2.05, 4.69) is 30.1 Å². The van der Waals surface area contributed by atoms with E-state index in [9.17, 15) is 4.79 Å². The Balaban J connectivity index is 1.87. The molecule has 1 N–H and O–H groups in total. The van der Waals surface area contributed by atoms with Crippen molar-refractivity contribution < 1.29 is 9.53 Å². The van der Waals surface area contributed by atoms with Gasteiger partial charge in [0.15, 0.2) is 6.10 Å². The Labute approximate surface area is 138 Å². The van der Waals surface area contributed by atoms with E-state index in [1.165, 1.54) is 0 Å². The molecule has 0 bridgehead atoms. The summed E-state index contributed by atoms with van der Waals surface area (Å²) >= 11 is 0. The fourth-order valence-electron chi connectivity index (χ4n) is 2.52. The average molecular weight is 314 g/mol. The molecule has 0 saturated carbocycles. The summed E-state index contributed by atoms with van der Waals surface area (Å²) in [6, 6.07) is 14.0. The number of hydrogen-bond acceptors (Lipinski definition) is 3. The van der Waals surface area contributed by atoms with Crippen molar-refractivity contribution in [2.24, 2.45) is 0 Å². The van der Waals surface area contributed by atoms with Crippen LogP contribution in [0, 0.1) is 0 Å².